The molecule has 0 fully saturated rings. The van der Waals surface area contributed by atoms with Crippen LogP contribution in [-0.2, 0) is 18.4 Å². The van der Waals surface area contributed by atoms with E-state index in [0.29, 0.717) is 5.92 Å². The summed E-state index contributed by atoms with van der Waals surface area (Å²) < 4.78 is 0. The molecule has 2 atom stereocenters. The molecule has 0 aliphatic heterocycles. The van der Waals surface area contributed by atoms with Gasteiger partial charge in [0.05, 0.1) is 0 Å². The van der Waals surface area contributed by atoms with E-state index < -0.39 is 0 Å². The number of fused-ring (bicyclic) bond motifs is 1. The van der Waals surface area contributed by atoms with Gasteiger partial charge in [-0.25, -0.2) is 0 Å². The van der Waals surface area contributed by atoms with E-state index >= 15 is 0 Å². The van der Waals surface area contributed by atoms with E-state index in [0.717, 1.165) is 30.4 Å². The number of benzene rings is 1. The van der Waals surface area contributed by atoms with E-state index in [1.165, 1.54) is 48.8 Å². The Bertz CT molecular complexity index is 667. The zero-order valence-electron chi connectivity index (χ0n) is 17.1. The summed E-state index contributed by atoms with van der Waals surface area (Å²) in [5.41, 5.74) is 13.2. The quantitative estimate of drug-likeness (QED) is 0.392. The van der Waals surface area contributed by atoms with E-state index in [1.807, 2.05) is 13.0 Å². The second-order valence-corrected chi connectivity index (χ2v) is 8.13. The Balaban J connectivity index is 2.33. The van der Waals surface area contributed by atoms with Gasteiger partial charge in [-0.3, -0.25) is 0 Å². The Hall–Kier alpha value is -1.60. The first-order chi connectivity index (χ1) is 12.4. The molecule has 0 aromatic heterocycles. The topological polar surface area (TPSA) is 26.0 Å². The number of rotatable bonds is 9. The van der Waals surface area contributed by atoms with Crippen LogP contribution in [0.15, 0.2) is 54.7 Å². The van der Waals surface area contributed by atoms with Crippen molar-refractivity contribution >= 4 is 0 Å². The standard InChI is InChI=1S/C25H37N/c1-6-8-9-10-23-15-14-22-17-21(7-2)13-16-24(22)25(23,26)18-20(5)12-11-19(3)4/h11-13,16-17,23H,3,5-10,14-15,18,26H2,1-2,4H3/b12-11-. The predicted molar refractivity (Wildman–Crippen MR) is 115 cm³/mol. The molecule has 0 amide bonds. The molecule has 1 heteroatoms. The van der Waals surface area contributed by atoms with Crippen molar-refractivity contribution in [1.29, 1.82) is 0 Å². The smallest absolute Gasteiger partial charge is 0.0481 e. The Morgan fingerprint density at radius 3 is 2.65 bits per heavy atom. The minimum absolute atomic E-state index is 0.301. The van der Waals surface area contributed by atoms with Gasteiger partial charge in [0.1, 0.15) is 0 Å². The van der Waals surface area contributed by atoms with Gasteiger partial charge in [-0.05, 0) is 61.6 Å². The summed E-state index contributed by atoms with van der Waals surface area (Å²) in [6.07, 6.45) is 13.4. The van der Waals surface area contributed by atoms with E-state index in [9.17, 15) is 0 Å². The molecule has 0 spiro atoms. The van der Waals surface area contributed by atoms with Crippen molar-refractivity contribution in [3.05, 3.63) is 71.3 Å². The highest BCUT2D eigenvalue weighted by Gasteiger charge is 2.40. The van der Waals surface area contributed by atoms with Crippen LogP contribution in [0.2, 0.25) is 0 Å². The number of aryl methyl sites for hydroxylation is 2. The average Bonchev–Trinajstić information content (AvgIpc) is 2.61. The molecular weight excluding hydrogens is 314 g/mol. The number of unbranched alkanes of at least 4 members (excludes halogenated alkanes) is 2. The zero-order chi connectivity index (χ0) is 19.2. The van der Waals surface area contributed by atoms with Gasteiger partial charge >= 0.3 is 0 Å². The summed E-state index contributed by atoms with van der Waals surface area (Å²) in [7, 11) is 0. The maximum absolute atomic E-state index is 7.18. The number of hydrogen-bond donors (Lipinski definition) is 1. The van der Waals surface area contributed by atoms with Crippen LogP contribution >= 0.6 is 0 Å². The highest BCUT2D eigenvalue weighted by molar-refractivity contribution is 5.42. The molecule has 1 nitrogen and oxygen atoms in total. The van der Waals surface area contributed by atoms with Crippen LogP contribution in [0, 0.1) is 5.92 Å². The van der Waals surface area contributed by atoms with Gasteiger partial charge in [0.25, 0.3) is 0 Å². The fraction of sp³-hybridized carbons (Fsp3) is 0.520. The Morgan fingerprint density at radius 1 is 1.23 bits per heavy atom. The molecule has 0 saturated carbocycles. The van der Waals surface area contributed by atoms with Crippen LogP contribution in [-0.4, -0.2) is 0 Å². The van der Waals surface area contributed by atoms with E-state index in [-0.39, 0.29) is 5.54 Å². The fourth-order valence-corrected chi connectivity index (χ4v) is 4.31. The Labute approximate surface area is 161 Å². The molecule has 2 rings (SSSR count). The molecule has 1 aromatic carbocycles. The van der Waals surface area contributed by atoms with E-state index in [4.69, 9.17) is 5.73 Å². The monoisotopic (exact) mass is 351 g/mol. The third-order valence-corrected chi connectivity index (χ3v) is 5.85. The third-order valence-electron chi connectivity index (χ3n) is 5.85. The summed E-state index contributed by atoms with van der Waals surface area (Å²) in [6.45, 7) is 14.7. The number of nitrogens with two attached hydrogens (primary N) is 1. The van der Waals surface area contributed by atoms with Crippen LogP contribution in [0.25, 0.3) is 0 Å². The lowest BCUT2D eigenvalue weighted by atomic mass is 9.65. The molecule has 2 N–H and O–H groups in total. The predicted octanol–water partition coefficient (Wildman–Crippen LogP) is 6.62. The van der Waals surface area contributed by atoms with Crippen LogP contribution in [0.1, 0.15) is 76.0 Å². The van der Waals surface area contributed by atoms with Gasteiger partial charge < -0.3 is 5.73 Å². The lowest BCUT2D eigenvalue weighted by molar-refractivity contribution is 0.218. The maximum Gasteiger partial charge on any atom is 0.0481 e. The van der Waals surface area contributed by atoms with Crippen molar-refractivity contribution in [2.24, 2.45) is 11.7 Å². The van der Waals surface area contributed by atoms with Crippen molar-refractivity contribution in [3.63, 3.8) is 0 Å². The van der Waals surface area contributed by atoms with Crippen molar-refractivity contribution in [3.8, 4) is 0 Å². The molecule has 26 heavy (non-hydrogen) atoms. The zero-order valence-corrected chi connectivity index (χ0v) is 17.1. The van der Waals surface area contributed by atoms with Crippen LogP contribution in [0.3, 0.4) is 0 Å². The first-order valence-electron chi connectivity index (χ1n) is 10.3. The van der Waals surface area contributed by atoms with Crippen molar-refractivity contribution in [1.82, 2.24) is 0 Å². The summed E-state index contributed by atoms with van der Waals surface area (Å²) in [4.78, 5) is 0. The summed E-state index contributed by atoms with van der Waals surface area (Å²) in [5.74, 6) is 0.531. The summed E-state index contributed by atoms with van der Waals surface area (Å²) >= 11 is 0. The minimum atomic E-state index is -0.301. The van der Waals surface area contributed by atoms with Crippen molar-refractivity contribution in [2.75, 3.05) is 0 Å². The molecule has 0 bridgehead atoms. The van der Waals surface area contributed by atoms with Crippen LogP contribution in [0.5, 0.6) is 0 Å². The van der Waals surface area contributed by atoms with Gasteiger partial charge in [-0.1, -0.05) is 87.8 Å². The van der Waals surface area contributed by atoms with E-state index in [1.54, 1.807) is 0 Å². The molecule has 0 heterocycles. The van der Waals surface area contributed by atoms with E-state index in [2.05, 4.69) is 51.3 Å². The molecule has 0 saturated heterocycles. The van der Waals surface area contributed by atoms with Gasteiger partial charge in [0.15, 0.2) is 0 Å². The largest absolute Gasteiger partial charge is 0.321 e. The number of allylic oxidation sites excluding steroid dienone is 3. The highest BCUT2D eigenvalue weighted by atomic mass is 14.8. The van der Waals surface area contributed by atoms with Crippen LogP contribution in [0.4, 0.5) is 0 Å². The second-order valence-electron chi connectivity index (χ2n) is 8.13. The van der Waals surface area contributed by atoms with Gasteiger partial charge in [0, 0.05) is 5.54 Å². The highest BCUT2D eigenvalue weighted by Crippen LogP contribution is 2.44. The molecular formula is C25H37N. The summed E-state index contributed by atoms with van der Waals surface area (Å²) in [5, 5.41) is 0. The first-order valence-corrected chi connectivity index (χ1v) is 10.3. The summed E-state index contributed by atoms with van der Waals surface area (Å²) in [6, 6.07) is 6.95. The molecule has 1 aliphatic rings. The van der Waals surface area contributed by atoms with Gasteiger partial charge in [-0.15, -0.1) is 0 Å². The lowest BCUT2D eigenvalue weighted by Gasteiger charge is -2.44. The lowest BCUT2D eigenvalue weighted by Crippen LogP contribution is -2.47. The van der Waals surface area contributed by atoms with Crippen molar-refractivity contribution < 1.29 is 0 Å². The maximum atomic E-state index is 7.18. The molecule has 2 unspecified atom stereocenters. The first kappa shape index (κ1) is 20.7. The fourth-order valence-electron chi connectivity index (χ4n) is 4.31. The molecule has 0 radical (unpaired) electrons. The van der Waals surface area contributed by atoms with Gasteiger partial charge in [0.2, 0.25) is 0 Å². The van der Waals surface area contributed by atoms with Gasteiger partial charge in [-0.2, -0.15) is 0 Å². The molecule has 1 aromatic rings. The molecule has 1 aliphatic carbocycles. The number of hydrogen-bond acceptors (Lipinski definition) is 1. The third kappa shape index (κ3) is 4.98. The Morgan fingerprint density at radius 2 is 2.00 bits per heavy atom. The Kier molecular flexibility index (Phi) is 7.46. The normalized spacial score (nSPS) is 22.4. The SMILES string of the molecule is C=C(C)/C=C\C(=C)CC1(N)c2ccc(CC)cc2CCC1CCCCC. The van der Waals surface area contributed by atoms with Crippen LogP contribution < -0.4 is 5.73 Å². The minimum Gasteiger partial charge on any atom is -0.321 e. The average molecular weight is 352 g/mol. The molecule has 142 valence electrons. The second kappa shape index (κ2) is 9.37. The van der Waals surface area contributed by atoms with Crippen molar-refractivity contribution in [2.45, 2.75) is 77.7 Å².